The van der Waals surface area contributed by atoms with E-state index in [4.69, 9.17) is 5.26 Å². The van der Waals surface area contributed by atoms with Crippen molar-refractivity contribution in [2.24, 2.45) is 4.99 Å². The molecule has 0 radical (unpaired) electrons. The Kier molecular flexibility index (Phi) is 7.69. The minimum atomic E-state index is -0.514. The molecule has 1 N–H and O–H groups in total. The van der Waals surface area contributed by atoms with Gasteiger partial charge in [0, 0.05) is 43.9 Å². The van der Waals surface area contributed by atoms with Crippen LogP contribution in [0.3, 0.4) is 0 Å². The van der Waals surface area contributed by atoms with E-state index in [2.05, 4.69) is 21.3 Å². The number of nitrogens with one attached hydrogen (secondary N) is 1. The smallest absolute Gasteiger partial charge is 0.262 e. The van der Waals surface area contributed by atoms with Gasteiger partial charge in [-0.3, -0.25) is 14.4 Å². The van der Waals surface area contributed by atoms with Crippen molar-refractivity contribution >= 4 is 40.3 Å². The van der Waals surface area contributed by atoms with Gasteiger partial charge >= 0.3 is 0 Å². The normalized spacial score (nSPS) is 19.4. The number of likely N-dealkylation sites (tertiary alicyclic amines) is 1. The lowest BCUT2D eigenvalue weighted by Crippen LogP contribution is -2.34. The van der Waals surface area contributed by atoms with Crippen LogP contribution in [0.5, 0.6) is 0 Å². The monoisotopic (exact) mass is 441 g/mol. The van der Waals surface area contributed by atoms with Crippen molar-refractivity contribution in [3.63, 3.8) is 0 Å². The molecule has 0 saturated carbocycles. The van der Waals surface area contributed by atoms with E-state index >= 15 is 0 Å². The Morgan fingerprint density at radius 3 is 2.81 bits per heavy atom. The average molecular weight is 442 g/mol. The van der Waals surface area contributed by atoms with Crippen LogP contribution in [0.15, 0.2) is 29.3 Å². The van der Waals surface area contributed by atoms with Gasteiger partial charge in [-0.15, -0.1) is 0 Å². The van der Waals surface area contributed by atoms with Gasteiger partial charge in [0.2, 0.25) is 5.91 Å². The number of aliphatic imine (C=N–C) groups is 1. The summed E-state index contributed by atoms with van der Waals surface area (Å²) in [6.45, 7) is 3.61. The van der Waals surface area contributed by atoms with Crippen molar-refractivity contribution in [3.05, 3.63) is 29.8 Å². The Balaban J connectivity index is 1.56. The molecule has 0 aromatic heterocycles. The maximum Gasteiger partial charge on any atom is 0.262 e. The number of nitriles is 1. The SMILES string of the molecule is CC(CC#N)N(C)C(=O)c1cccc(NC(=O)CC2SC(N3CCCCC3)=NC2=O)c1. The lowest BCUT2D eigenvalue weighted by Gasteiger charge is -2.27. The standard InChI is InChI=1S/C22H27N5O3S/c1-15(9-10-23)26(2)21(30)16-7-6-8-17(13-16)24-19(28)14-18-20(29)25-22(31-18)27-11-4-3-5-12-27/h6-8,13,15,18H,3-5,9,11-12,14H2,1-2H3,(H,24,28). The molecular weight excluding hydrogens is 414 g/mol. The molecule has 0 bridgehead atoms. The first-order chi connectivity index (χ1) is 14.9. The summed E-state index contributed by atoms with van der Waals surface area (Å²) >= 11 is 1.36. The third kappa shape index (κ3) is 5.85. The van der Waals surface area contributed by atoms with Crippen LogP contribution in [0, 0.1) is 11.3 Å². The molecule has 2 aliphatic heterocycles. The van der Waals surface area contributed by atoms with Gasteiger partial charge in [0.05, 0.1) is 12.5 Å². The third-order valence-corrected chi connectivity index (χ3v) is 6.70. The third-order valence-electron chi connectivity index (χ3n) is 5.49. The summed E-state index contributed by atoms with van der Waals surface area (Å²) in [5, 5.41) is 11.8. The summed E-state index contributed by atoms with van der Waals surface area (Å²) in [5.74, 6) is -0.783. The minimum Gasteiger partial charge on any atom is -0.351 e. The van der Waals surface area contributed by atoms with E-state index in [1.165, 1.54) is 23.1 Å². The maximum atomic E-state index is 12.6. The highest BCUT2D eigenvalue weighted by Crippen LogP contribution is 2.29. The van der Waals surface area contributed by atoms with E-state index in [1.54, 1.807) is 31.3 Å². The highest BCUT2D eigenvalue weighted by Gasteiger charge is 2.33. The number of amides is 3. The topological polar surface area (TPSA) is 106 Å². The van der Waals surface area contributed by atoms with Crippen LogP contribution in [0.2, 0.25) is 0 Å². The van der Waals surface area contributed by atoms with E-state index < -0.39 is 5.25 Å². The van der Waals surface area contributed by atoms with Crippen LogP contribution >= 0.6 is 11.8 Å². The lowest BCUT2D eigenvalue weighted by molar-refractivity contribution is -0.121. The van der Waals surface area contributed by atoms with Gasteiger partial charge in [0.1, 0.15) is 5.25 Å². The molecule has 8 nitrogen and oxygen atoms in total. The van der Waals surface area contributed by atoms with Crippen LogP contribution in [-0.2, 0) is 9.59 Å². The highest BCUT2D eigenvalue weighted by molar-refractivity contribution is 8.15. The number of piperidine rings is 1. The number of benzene rings is 1. The number of hydrogen-bond acceptors (Lipinski definition) is 6. The van der Waals surface area contributed by atoms with Crippen molar-refractivity contribution in [1.29, 1.82) is 5.26 Å². The van der Waals surface area contributed by atoms with Crippen molar-refractivity contribution in [2.75, 3.05) is 25.5 Å². The number of carbonyl (C=O) groups excluding carboxylic acids is 3. The van der Waals surface area contributed by atoms with E-state index in [9.17, 15) is 14.4 Å². The summed E-state index contributed by atoms with van der Waals surface area (Å²) in [5.41, 5.74) is 0.914. The predicted octanol–water partition coefficient (Wildman–Crippen LogP) is 2.87. The Morgan fingerprint density at radius 1 is 1.35 bits per heavy atom. The molecule has 9 heteroatoms. The number of hydrogen-bond donors (Lipinski definition) is 1. The molecule has 0 spiro atoms. The molecule has 3 rings (SSSR count). The highest BCUT2D eigenvalue weighted by atomic mass is 32.2. The molecule has 3 amide bonds. The molecule has 2 heterocycles. The molecule has 1 saturated heterocycles. The van der Waals surface area contributed by atoms with Crippen LogP contribution < -0.4 is 5.32 Å². The largest absolute Gasteiger partial charge is 0.351 e. The molecule has 31 heavy (non-hydrogen) atoms. The van der Waals surface area contributed by atoms with Gasteiger partial charge in [0.15, 0.2) is 5.17 Å². The first-order valence-electron chi connectivity index (χ1n) is 10.5. The number of rotatable bonds is 6. The van der Waals surface area contributed by atoms with Gasteiger partial charge in [-0.05, 0) is 44.4 Å². The molecule has 2 unspecified atom stereocenters. The maximum absolute atomic E-state index is 12.6. The molecule has 164 valence electrons. The molecule has 0 aliphatic carbocycles. The number of carbonyl (C=O) groups is 3. The quantitative estimate of drug-likeness (QED) is 0.728. The zero-order chi connectivity index (χ0) is 22.4. The summed E-state index contributed by atoms with van der Waals surface area (Å²) in [7, 11) is 1.65. The lowest BCUT2D eigenvalue weighted by atomic mass is 10.1. The zero-order valence-electron chi connectivity index (χ0n) is 17.8. The Labute approximate surface area is 186 Å². The van der Waals surface area contributed by atoms with Gasteiger partial charge in [-0.2, -0.15) is 10.3 Å². The fourth-order valence-corrected chi connectivity index (χ4v) is 4.63. The van der Waals surface area contributed by atoms with E-state index in [0.717, 1.165) is 31.1 Å². The van der Waals surface area contributed by atoms with Crippen LogP contribution in [0.25, 0.3) is 0 Å². The van der Waals surface area contributed by atoms with Crippen LogP contribution in [-0.4, -0.2) is 64.1 Å². The first kappa shape index (κ1) is 22.8. The van der Waals surface area contributed by atoms with Gasteiger partial charge in [-0.25, -0.2) is 0 Å². The molecule has 2 atom stereocenters. The van der Waals surface area contributed by atoms with E-state index in [0.29, 0.717) is 11.3 Å². The second-order valence-electron chi connectivity index (χ2n) is 7.85. The summed E-state index contributed by atoms with van der Waals surface area (Å²) in [6, 6.07) is 8.52. The van der Waals surface area contributed by atoms with Crippen molar-refractivity contribution in [3.8, 4) is 6.07 Å². The average Bonchev–Trinajstić information content (AvgIpc) is 3.13. The fraction of sp³-hybridized carbons (Fsp3) is 0.500. The van der Waals surface area contributed by atoms with Crippen LogP contribution in [0.1, 0.15) is 49.4 Å². The molecular formula is C22H27N5O3S. The first-order valence-corrected chi connectivity index (χ1v) is 11.3. The Bertz CT molecular complexity index is 920. The van der Waals surface area contributed by atoms with Crippen molar-refractivity contribution in [2.45, 2.75) is 50.3 Å². The van der Waals surface area contributed by atoms with E-state index in [1.807, 2.05) is 6.92 Å². The number of thioether (sulfide) groups is 1. The fourth-order valence-electron chi connectivity index (χ4n) is 3.51. The van der Waals surface area contributed by atoms with E-state index in [-0.39, 0.29) is 36.6 Å². The van der Waals surface area contributed by atoms with Crippen LogP contribution in [0.4, 0.5) is 5.69 Å². The molecule has 2 aliphatic rings. The Morgan fingerprint density at radius 2 is 2.10 bits per heavy atom. The second kappa shape index (κ2) is 10.4. The minimum absolute atomic E-state index is 0.0294. The summed E-state index contributed by atoms with van der Waals surface area (Å²) < 4.78 is 0. The van der Waals surface area contributed by atoms with Gasteiger partial charge in [0.25, 0.3) is 11.8 Å². The molecule has 1 aromatic rings. The molecule has 1 fully saturated rings. The van der Waals surface area contributed by atoms with Crippen molar-refractivity contribution < 1.29 is 14.4 Å². The summed E-state index contributed by atoms with van der Waals surface area (Å²) in [4.78, 5) is 45.2. The van der Waals surface area contributed by atoms with Gasteiger partial charge in [-0.1, -0.05) is 17.8 Å². The Hall–Kier alpha value is -2.86. The van der Waals surface area contributed by atoms with Crippen molar-refractivity contribution in [1.82, 2.24) is 9.80 Å². The summed E-state index contributed by atoms with van der Waals surface area (Å²) in [6.07, 6.45) is 3.66. The zero-order valence-corrected chi connectivity index (χ0v) is 18.7. The number of amidine groups is 1. The predicted molar refractivity (Wildman–Crippen MR) is 121 cm³/mol. The molecule has 1 aromatic carbocycles. The number of anilines is 1. The van der Waals surface area contributed by atoms with Gasteiger partial charge < -0.3 is 15.1 Å². The second-order valence-corrected chi connectivity index (χ2v) is 9.02. The number of nitrogens with zero attached hydrogens (tertiary/aromatic N) is 4.